The van der Waals surface area contributed by atoms with Gasteiger partial charge in [0.15, 0.2) is 0 Å². The van der Waals surface area contributed by atoms with Gasteiger partial charge >= 0.3 is 7.12 Å². The number of allylic oxidation sites excluding steroid dienone is 1. The van der Waals surface area contributed by atoms with Gasteiger partial charge in [-0.25, -0.2) is 0 Å². The van der Waals surface area contributed by atoms with Crippen LogP contribution in [-0.4, -0.2) is 23.8 Å². The average Bonchev–Trinajstić information content (AvgIpc) is 2.49. The quantitative estimate of drug-likeness (QED) is 0.485. The summed E-state index contributed by atoms with van der Waals surface area (Å²) >= 11 is 0. The molecule has 1 aromatic carbocycles. The lowest BCUT2D eigenvalue weighted by molar-refractivity contribution is 0.110. The fourth-order valence-electron chi connectivity index (χ4n) is 2.25. The Morgan fingerprint density at radius 2 is 1.90 bits per heavy atom. The summed E-state index contributed by atoms with van der Waals surface area (Å²) in [5.41, 5.74) is 1.18. The SMILES string of the molecule is CCCCCC(/C=C/B(O)O)CCOCc1ccccc1. The molecule has 0 aliphatic heterocycles. The minimum Gasteiger partial charge on any atom is -0.424 e. The maximum absolute atomic E-state index is 8.93. The average molecular weight is 290 g/mol. The van der Waals surface area contributed by atoms with Crippen molar-refractivity contribution >= 4 is 7.12 Å². The van der Waals surface area contributed by atoms with Crippen LogP contribution in [0.2, 0.25) is 0 Å². The molecule has 0 spiro atoms. The summed E-state index contributed by atoms with van der Waals surface area (Å²) in [4.78, 5) is 0. The van der Waals surface area contributed by atoms with Gasteiger partial charge < -0.3 is 14.8 Å². The van der Waals surface area contributed by atoms with Crippen molar-refractivity contribution in [2.24, 2.45) is 5.92 Å². The zero-order chi connectivity index (χ0) is 15.3. The highest BCUT2D eigenvalue weighted by Gasteiger charge is 2.07. The molecule has 116 valence electrons. The molecular formula is C17H27BO3. The second-order valence-corrected chi connectivity index (χ2v) is 5.38. The predicted molar refractivity (Wildman–Crippen MR) is 87.7 cm³/mol. The van der Waals surface area contributed by atoms with Crippen LogP contribution in [-0.2, 0) is 11.3 Å². The summed E-state index contributed by atoms with van der Waals surface area (Å²) in [6.45, 7) is 3.51. The van der Waals surface area contributed by atoms with E-state index < -0.39 is 7.12 Å². The monoisotopic (exact) mass is 290 g/mol. The van der Waals surface area contributed by atoms with Crippen molar-refractivity contribution in [1.29, 1.82) is 0 Å². The molecule has 0 radical (unpaired) electrons. The van der Waals surface area contributed by atoms with Crippen molar-refractivity contribution in [3.8, 4) is 0 Å². The third-order valence-corrected chi connectivity index (χ3v) is 3.48. The van der Waals surface area contributed by atoms with E-state index in [0.29, 0.717) is 19.1 Å². The molecule has 0 saturated carbocycles. The Labute approximate surface area is 128 Å². The molecule has 0 aliphatic rings. The summed E-state index contributed by atoms with van der Waals surface area (Å²) in [5.74, 6) is 1.81. The topological polar surface area (TPSA) is 49.7 Å². The van der Waals surface area contributed by atoms with Gasteiger partial charge in [0.1, 0.15) is 0 Å². The van der Waals surface area contributed by atoms with Gasteiger partial charge in [-0.15, -0.1) is 0 Å². The second kappa shape index (κ2) is 11.6. The van der Waals surface area contributed by atoms with E-state index in [4.69, 9.17) is 14.8 Å². The zero-order valence-corrected chi connectivity index (χ0v) is 12.9. The highest BCUT2D eigenvalue weighted by molar-refractivity contribution is 6.47. The molecule has 2 N–H and O–H groups in total. The van der Waals surface area contributed by atoms with Crippen LogP contribution in [0.4, 0.5) is 0 Å². The molecule has 0 bridgehead atoms. The van der Waals surface area contributed by atoms with Crippen molar-refractivity contribution in [3.63, 3.8) is 0 Å². The van der Waals surface area contributed by atoms with Crippen molar-refractivity contribution in [2.75, 3.05) is 6.61 Å². The Morgan fingerprint density at radius 1 is 1.14 bits per heavy atom. The lowest BCUT2D eigenvalue weighted by Gasteiger charge is -2.13. The van der Waals surface area contributed by atoms with Crippen LogP contribution in [0, 0.1) is 5.92 Å². The summed E-state index contributed by atoms with van der Waals surface area (Å²) in [6, 6.07) is 10.1. The van der Waals surface area contributed by atoms with E-state index in [1.54, 1.807) is 0 Å². The van der Waals surface area contributed by atoms with E-state index in [1.807, 2.05) is 24.3 Å². The maximum atomic E-state index is 8.93. The van der Waals surface area contributed by atoms with Gasteiger partial charge in [-0.1, -0.05) is 68.6 Å². The normalized spacial score (nSPS) is 12.7. The van der Waals surface area contributed by atoms with E-state index in [9.17, 15) is 0 Å². The van der Waals surface area contributed by atoms with Crippen molar-refractivity contribution < 1.29 is 14.8 Å². The van der Waals surface area contributed by atoms with E-state index in [0.717, 1.165) is 12.8 Å². The van der Waals surface area contributed by atoms with Gasteiger partial charge in [-0.05, 0) is 24.3 Å². The van der Waals surface area contributed by atoms with Crippen LogP contribution < -0.4 is 0 Å². The highest BCUT2D eigenvalue weighted by atomic mass is 16.5. The molecule has 1 aromatic rings. The van der Waals surface area contributed by atoms with Gasteiger partial charge in [0, 0.05) is 6.61 Å². The molecule has 1 atom stereocenters. The van der Waals surface area contributed by atoms with E-state index in [2.05, 4.69) is 19.1 Å². The number of hydrogen-bond donors (Lipinski definition) is 2. The van der Waals surface area contributed by atoms with Gasteiger partial charge in [0.2, 0.25) is 0 Å². The molecule has 1 rings (SSSR count). The molecule has 3 nitrogen and oxygen atoms in total. The first-order valence-corrected chi connectivity index (χ1v) is 7.88. The summed E-state index contributed by atoms with van der Waals surface area (Å²) < 4.78 is 5.70. The molecule has 0 saturated heterocycles. The third-order valence-electron chi connectivity index (χ3n) is 3.48. The van der Waals surface area contributed by atoms with Crippen LogP contribution in [0.3, 0.4) is 0 Å². The first kappa shape index (κ1) is 18.0. The lowest BCUT2D eigenvalue weighted by atomic mass is 9.87. The first-order chi connectivity index (χ1) is 10.2. The summed E-state index contributed by atoms with van der Waals surface area (Å²) in [7, 11) is -1.36. The van der Waals surface area contributed by atoms with E-state index >= 15 is 0 Å². The van der Waals surface area contributed by atoms with Crippen LogP contribution >= 0.6 is 0 Å². The minimum atomic E-state index is -1.36. The van der Waals surface area contributed by atoms with Crippen LogP contribution in [0.5, 0.6) is 0 Å². The summed E-state index contributed by atoms with van der Waals surface area (Å²) in [6.07, 6.45) is 7.49. The van der Waals surface area contributed by atoms with Crippen LogP contribution in [0.1, 0.15) is 44.6 Å². The van der Waals surface area contributed by atoms with Crippen molar-refractivity contribution in [3.05, 3.63) is 47.9 Å². The maximum Gasteiger partial charge on any atom is 0.480 e. The Morgan fingerprint density at radius 3 is 2.57 bits per heavy atom. The molecule has 4 heteroatoms. The number of unbranched alkanes of at least 4 members (excludes halogenated alkanes) is 2. The number of benzene rings is 1. The van der Waals surface area contributed by atoms with Gasteiger partial charge in [-0.3, -0.25) is 0 Å². The second-order valence-electron chi connectivity index (χ2n) is 5.38. The fraction of sp³-hybridized carbons (Fsp3) is 0.529. The predicted octanol–water partition coefficient (Wildman–Crippen LogP) is 3.36. The zero-order valence-electron chi connectivity index (χ0n) is 12.9. The Balaban J connectivity index is 2.27. The number of ether oxygens (including phenoxy) is 1. The standard InChI is InChI=1S/C17H27BO3/c1-2-3-5-8-16(11-13-18(19)20)12-14-21-15-17-9-6-4-7-10-17/h4,6-7,9-11,13,16,19-20H,2-3,5,8,12,14-15H2,1H3/b13-11+. The highest BCUT2D eigenvalue weighted by Crippen LogP contribution is 2.16. The molecule has 0 aromatic heterocycles. The lowest BCUT2D eigenvalue weighted by Crippen LogP contribution is -2.09. The fourth-order valence-corrected chi connectivity index (χ4v) is 2.25. The first-order valence-electron chi connectivity index (χ1n) is 7.88. The summed E-state index contributed by atoms with van der Waals surface area (Å²) in [5, 5.41) is 17.9. The smallest absolute Gasteiger partial charge is 0.424 e. The van der Waals surface area contributed by atoms with Crippen LogP contribution in [0.15, 0.2) is 42.4 Å². The van der Waals surface area contributed by atoms with Crippen LogP contribution in [0.25, 0.3) is 0 Å². The third kappa shape index (κ3) is 9.45. The Kier molecular flexibility index (Phi) is 9.88. The van der Waals surface area contributed by atoms with E-state index in [-0.39, 0.29) is 0 Å². The molecule has 0 heterocycles. The molecule has 0 fully saturated rings. The molecular weight excluding hydrogens is 263 g/mol. The molecule has 21 heavy (non-hydrogen) atoms. The van der Waals surface area contributed by atoms with Crippen molar-refractivity contribution in [1.82, 2.24) is 0 Å². The van der Waals surface area contributed by atoms with Gasteiger partial charge in [0.25, 0.3) is 0 Å². The Hall–Kier alpha value is -1.10. The number of hydrogen-bond acceptors (Lipinski definition) is 3. The van der Waals surface area contributed by atoms with Crippen molar-refractivity contribution in [2.45, 2.75) is 45.6 Å². The molecule has 0 amide bonds. The minimum absolute atomic E-state index is 0.356. The van der Waals surface area contributed by atoms with Gasteiger partial charge in [-0.2, -0.15) is 0 Å². The number of rotatable bonds is 11. The van der Waals surface area contributed by atoms with E-state index in [1.165, 1.54) is 30.8 Å². The Bertz CT molecular complexity index is 379. The largest absolute Gasteiger partial charge is 0.480 e. The van der Waals surface area contributed by atoms with Gasteiger partial charge in [0.05, 0.1) is 6.61 Å². The molecule has 0 aliphatic carbocycles. The molecule has 1 unspecified atom stereocenters.